The fraction of sp³-hybridized carbons (Fsp3) is 0.464. The van der Waals surface area contributed by atoms with Crippen LogP contribution < -0.4 is 27.0 Å². The molecule has 6 rings (SSSR count). The van der Waals surface area contributed by atoms with Crippen LogP contribution in [0.1, 0.15) is 46.9 Å². The summed E-state index contributed by atoms with van der Waals surface area (Å²) < 4.78 is 58.1. The first-order chi connectivity index (χ1) is 23.4. The summed E-state index contributed by atoms with van der Waals surface area (Å²) in [6.07, 6.45) is 0.786. The number of anilines is 3. The molecule has 232 valence electrons. The van der Waals surface area contributed by atoms with Crippen LogP contribution >= 0.6 is 0 Å². The molecule has 0 bridgehead atoms. The van der Waals surface area contributed by atoms with Gasteiger partial charge in [0.05, 0.1) is 40.9 Å². The molecule has 16 heteroatoms. The zero-order chi connectivity index (χ0) is 36.5. The summed E-state index contributed by atoms with van der Waals surface area (Å²) in [5, 5.41) is 10.6. The highest BCUT2D eigenvalue weighted by Gasteiger charge is 2.60. The van der Waals surface area contributed by atoms with Gasteiger partial charge in [-0.2, -0.15) is 5.10 Å². The van der Waals surface area contributed by atoms with Crippen LogP contribution in [0.2, 0.25) is 0 Å². The number of hydrogen-bond donors (Lipinski definition) is 3. The van der Waals surface area contributed by atoms with E-state index in [4.69, 9.17) is 23.7 Å². The summed E-state index contributed by atoms with van der Waals surface area (Å²) in [5.41, 5.74) is 4.38. The van der Waals surface area contributed by atoms with E-state index in [1.807, 2.05) is 6.92 Å². The van der Waals surface area contributed by atoms with Gasteiger partial charge >= 0.3 is 17.9 Å². The molecular weight excluding hydrogens is 572 g/mol. The molecule has 4 heterocycles. The maximum Gasteiger partial charge on any atom is 0.414 e. The van der Waals surface area contributed by atoms with Crippen molar-refractivity contribution in [2.24, 2.45) is 18.6 Å². The zero-order valence-electron chi connectivity index (χ0n) is 30.0. The standard InChI is InChI=1S/C28H34N10O6/c1-14-12-28(14,24(29)39)38-22-17(23(34-38)36(3)27(42)44-5)8-9-20(33-22)32-21-11-18-19(13-30-21)35(2)26(41)37(18)16-7-6-15(10-16)31-25(40)43-4/h8-9,11,13-16H,6-7,10,12H2,1-5H3,(H2,29,39)(H,31,40)(H,30,32,33)/t14?,15?,16?,28-/m0/s1/i2D3,4D3. The van der Waals surface area contributed by atoms with Crippen molar-refractivity contribution in [2.75, 3.05) is 31.4 Å². The Balaban J connectivity index is 1.38. The number of nitrogens with one attached hydrogen (secondary N) is 2. The smallest absolute Gasteiger partial charge is 0.414 e. The third-order valence-electron chi connectivity index (χ3n) is 8.56. The summed E-state index contributed by atoms with van der Waals surface area (Å²) >= 11 is 0. The number of hydrogen-bond acceptors (Lipinski definition) is 10. The summed E-state index contributed by atoms with van der Waals surface area (Å²) in [4.78, 5) is 61.0. The average Bonchev–Trinajstić information content (AvgIpc) is 3.29. The molecule has 2 aliphatic rings. The average molecular weight is 613 g/mol. The van der Waals surface area contributed by atoms with Crippen LogP contribution in [-0.2, 0) is 26.8 Å². The van der Waals surface area contributed by atoms with Crippen molar-refractivity contribution in [1.29, 1.82) is 0 Å². The quantitative estimate of drug-likeness (QED) is 0.278. The third-order valence-corrected chi connectivity index (χ3v) is 8.56. The summed E-state index contributed by atoms with van der Waals surface area (Å²) in [6.45, 7) is -0.993. The molecule has 3 amide bonds. The number of fused-ring (bicyclic) bond motifs is 2. The lowest BCUT2D eigenvalue weighted by atomic mass is 10.2. The van der Waals surface area contributed by atoms with Crippen molar-refractivity contribution >= 4 is 57.6 Å². The van der Waals surface area contributed by atoms with Crippen molar-refractivity contribution < 1.29 is 32.1 Å². The van der Waals surface area contributed by atoms with Gasteiger partial charge in [-0.05, 0) is 43.7 Å². The molecule has 2 aliphatic carbocycles. The molecule has 0 aromatic carbocycles. The van der Waals surface area contributed by atoms with E-state index in [1.165, 1.54) is 40.6 Å². The third kappa shape index (κ3) is 4.48. The minimum atomic E-state index is -2.93. The predicted molar refractivity (Wildman–Crippen MR) is 160 cm³/mol. The Morgan fingerprint density at radius 2 is 2.00 bits per heavy atom. The lowest BCUT2D eigenvalue weighted by molar-refractivity contribution is -0.123. The lowest BCUT2D eigenvalue weighted by Gasteiger charge is -2.15. The molecule has 2 fully saturated rings. The number of amides is 3. The van der Waals surface area contributed by atoms with Crippen LogP contribution in [0, 0.1) is 5.92 Å². The minimum absolute atomic E-state index is 0.0434. The van der Waals surface area contributed by atoms with Crippen molar-refractivity contribution in [3.63, 3.8) is 0 Å². The molecule has 0 radical (unpaired) electrons. The van der Waals surface area contributed by atoms with Gasteiger partial charge in [0.1, 0.15) is 17.2 Å². The molecule has 0 saturated heterocycles. The monoisotopic (exact) mass is 612 g/mol. The number of carbonyl (C=O) groups is 3. The van der Waals surface area contributed by atoms with Crippen LogP contribution in [-0.4, -0.2) is 74.2 Å². The van der Waals surface area contributed by atoms with Gasteiger partial charge in [0.2, 0.25) is 5.91 Å². The number of ether oxygens (including phenoxy) is 2. The highest BCUT2D eigenvalue weighted by molar-refractivity contribution is 5.99. The van der Waals surface area contributed by atoms with E-state index in [0.29, 0.717) is 29.2 Å². The first kappa shape index (κ1) is 22.4. The maximum atomic E-state index is 13.6. The van der Waals surface area contributed by atoms with Gasteiger partial charge in [0.25, 0.3) is 0 Å². The second-order valence-electron chi connectivity index (χ2n) is 11.1. The fourth-order valence-electron chi connectivity index (χ4n) is 6.14. The molecule has 4 aromatic heterocycles. The van der Waals surface area contributed by atoms with Gasteiger partial charge < -0.3 is 25.8 Å². The van der Waals surface area contributed by atoms with E-state index in [2.05, 4.69) is 25.5 Å². The Bertz CT molecular complexity index is 2090. The normalized spacial score (nSPS) is 25.2. The number of nitrogens with zero attached hydrogens (tertiary/aromatic N) is 7. The highest BCUT2D eigenvalue weighted by atomic mass is 16.5. The Labute approximate surface area is 259 Å². The maximum absolute atomic E-state index is 13.6. The van der Waals surface area contributed by atoms with E-state index < -0.39 is 55.4 Å². The number of aryl methyl sites for hydroxylation is 1. The SMILES string of the molecule is [2H]C([2H])([2H])OC(=O)NC1CCC(n2c(=O)n(C([2H])([2H])[2H])c3cnc(Nc4ccc5c(N(C)C(=O)OC)nn([C@@]6(C(N)=O)CC6C)c5n4)cc32)C1. The topological polar surface area (TPSA) is 194 Å². The van der Waals surface area contributed by atoms with Crippen LogP contribution in [0.25, 0.3) is 22.1 Å². The number of carbonyl (C=O) groups excluding carboxylic acids is 3. The molecule has 4 aromatic rings. The number of alkyl carbamates (subject to hydrolysis) is 1. The molecule has 4 N–H and O–H groups in total. The summed E-state index contributed by atoms with van der Waals surface area (Å²) in [7, 11) is -0.237. The van der Waals surface area contributed by atoms with Crippen LogP contribution in [0.4, 0.5) is 27.0 Å². The van der Waals surface area contributed by atoms with Gasteiger partial charge in [-0.1, -0.05) is 6.92 Å². The van der Waals surface area contributed by atoms with Crippen molar-refractivity contribution in [3.05, 3.63) is 34.9 Å². The van der Waals surface area contributed by atoms with Crippen LogP contribution in [0.3, 0.4) is 0 Å². The number of rotatable bonds is 7. The van der Waals surface area contributed by atoms with E-state index in [0.717, 1.165) is 0 Å². The zero-order valence-corrected chi connectivity index (χ0v) is 24.0. The number of pyridine rings is 2. The van der Waals surface area contributed by atoms with Gasteiger partial charge in [-0.25, -0.2) is 29.0 Å². The van der Waals surface area contributed by atoms with Crippen molar-refractivity contribution in [2.45, 2.75) is 50.2 Å². The molecule has 16 nitrogen and oxygen atoms in total. The first-order valence-corrected chi connectivity index (χ1v) is 13.8. The Morgan fingerprint density at radius 3 is 2.68 bits per heavy atom. The van der Waals surface area contributed by atoms with E-state index in [1.54, 1.807) is 12.1 Å². The molecular formula is C28H34N10O6. The predicted octanol–water partition coefficient (Wildman–Crippen LogP) is 2.10. The largest absolute Gasteiger partial charge is 0.453 e. The number of primary amides is 1. The molecule has 0 aliphatic heterocycles. The molecule has 2 saturated carbocycles. The number of imidazole rings is 1. The summed E-state index contributed by atoms with van der Waals surface area (Å²) in [5.74, 6) is -0.135. The molecule has 44 heavy (non-hydrogen) atoms. The van der Waals surface area contributed by atoms with Crippen LogP contribution in [0.5, 0.6) is 0 Å². The van der Waals surface area contributed by atoms with Crippen LogP contribution in [0.15, 0.2) is 29.2 Å². The number of methoxy groups -OCH3 is 2. The Morgan fingerprint density at radius 1 is 1.20 bits per heavy atom. The van der Waals surface area contributed by atoms with E-state index >= 15 is 0 Å². The first-order valence-electron chi connectivity index (χ1n) is 16.8. The van der Waals surface area contributed by atoms with Gasteiger partial charge in [-0.3, -0.25) is 18.8 Å². The van der Waals surface area contributed by atoms with Crippen molar-refractivity contribution in [3.8, 4) is 0 Å². The molecule has 3 unspecified atom stereocenters. The number of aromatic nitrogens is 6. The molecule has 4 atom stereocenters. The Kier molecular flexibility index (Phi) is 5.36. The number of nitrogens with two attached hydrogens (primary N) is 1. The minimum Gasteiger partial charge on any atom is -0.453 e. The second-order valence-corrected chi connectivity index (χ2v) is 11.1. The Hall–Kier alpha value is -5.15. The van der Waals surface area contributed by atoms with E-state index in [9.17, 15) is 19.2 Å². The van der Waals surface area contributed by atoms with Gasteiger partial charge in [0, 0.05) is 36.3 Å². The summed E-state index contributed by atoms with van der Waals surface area (Å²) in [6, 6.07) is 3.65. The van der Waals surface area contributed by atoms with Gasteiger partial charge in [-0.15, -0.1) is 0 Å². The van der Waals surface area contributed by atoms with Gasteiger partial charge in [0.15, 0.2) is 11.5 Å². The van der Waals surface area contributed by atoms with E-state index in [-0.39, 0.29) is 46.5 Å². The fourth-order valence-corrected chi connectivity index (χ4v) is 6.14. The highest BCUT2D eigenvalue weighted by Crippen LogP contribution is 2.51. The molecule has 0 spiro atoms. The lowest BCUT2D eigenvalue weighted by Crippen LogP contribution is -2.37. The van der Waals surface area contributed by atoms with Crippen molar-refractivity contribution in [1.82, 2.24) is 34.2 Å². The second kappa shape index (κ2) is 10.5.